The number of benzene rings is 1. The van der Waals surface area contributed by atoms with E-state index in [1.165, 1.54) is 11.1 Å². The van der Waals surface area contributed by atoms with E-state index in [4.69, 9.17) is 23.2 Å². The maximum Gasteiger partial charge on any atom is 0.164 e. The van der Waals surface area contributed by atoms with Crippen molar-refractivity contribution in [3.8, 4) is 5.69 Å². The summed E-state index contributed by atoms with van der Waals surface area (Å²) in [5.74, 6) is 1.42. The molecule has 0 N–H and O–H groups in total. The van der Waals surface area contributed by atoms with Crippen LogP contribution in [0.4, 0.5) is 0 Å². The highest BCUT2D eigenvalue weighted by atomic mass is 35.5. The lowest BCUT2D eigenvalue weighted by molar-refractivity contribution is 0.899. The Balaban J connectivity index is 2.33. The van der Waals surface area contributed by atoms with Crippen molar-refractivity contribution in [1.82, 2.24) is 14.5 Å². The number of pyridine rings is 1. The van der Waals surface area contributed by atoms with Crippen LogP contribution in [-0.2, 0) is 6.42 Å². The molecule has 21 heavy (non-hydrogen) atoms. The van der Waals surface area contributed by atoms with Crippen LogP contribution < -0.4 is 0 Å². The number of halogens is 2. The Labute approximate surface area is 133 Å². The van der Waals surface area contributed by atoms with Gasteiger partial charge in [0, 0.05) is 18.5 Å². The van der Waals surface area contributed by atoms with Crippen LogP contribution in [0.25, 0.3) is 16.9 Å². The third kappa shape index (κ3) is 2.63. The Morgan fingerprint density at radius 2 is 2.00 bits per heavy atom. The molecule has 0 saturated carbocycles. The molecule has 0 aliphatic heterocycles. The molecule has 0 unspecified atom stereocenters. The molecule has 5 heteroatoms. The molecule has 0 bridgehead atoms. The van der Waals surface area contributed by atoms with Crippen molar-refractivity contribution >= 4 is 34.4 Å². The van der Waals surface area contributed by atoms with Gasteiger partial charge in [-0.15, -0.1) is 11.6 Å². The molecule has 0 saturated heterocycles. The highest BCUT2D eigenvalue weighted by molar-refractivity contribution is 6.31. The fourth-order valence-corrected chi connectivity index (χ4v) is 2.77. The monoisotopic (exact) mass is 319 g/mol. The predicted octanol–water partition coefficient (Wildman–Crippen LogP) is 4.47. The summed E-state index contributed by atoms with van der Waals surface area (Å²) < 4.78 is 2.08. The summed E-state index contributed by atoms with van der Waals surface area (Å²) >= 11 is 11.9. The first-order chi connectivity index (χ1) is 10.1. The third-order valence-electron chi connectivity index (χ3n) is 3.46. The number of rotatable bonds is 3. The van der Waals surface area contributed by atoms with Gasteiger partial charge in [-0.2, -0.15) is 0 Å². The summed E-state index contributed by atoms with van der Waals surface area (Å²) in [4.78, 5) is 9.10. The van der Waals surface area contributed by atoms with Crippen LogP contribution in [0.5, 0.6) is 0 Å². The van der Waals surface area contributed by atoms with Gasteiger partial charge in [-0.25, -0.2) is 9.97 Å². The predicted molar refractivity (Wildman–Crippen MR) is 87.8 cm³/mol. The number of alkyl halides is 1. The van der Waals surface area contributed by atoms with Crippen molar-refractivity contribution < 1.29 is 0 Å². The Bertz CT molecular complexity index is 809. The van der Waals surface area contributed by atoms with E-state index >= 15 is 0 Å². The van der Waals surface area contributed by atoms with Gasteiger partial charge >= 0.3 is 0 Å². The molecule has 1 aromatic carbocycles. The molecule has 0 radical (unpaired) electrons. The maximum atomic E-state index is 6.02. The van der Waals surface area contributed by atoms with Crippen LogP contribution in [0.15, 0.2) is 30.5 Å². The molecule has 108 valence electrons. The molecule has 3 aromatic rings. The summed E-state index contributed by atoms with van der Waals surface area (Å²) in [6.07, 6.45) is 2.33. The van der Waals surface area contributed by atoms with Crippen molar-refractivity contribution in [3.63, 3.8) is 0 Å². The first-order valence-corrected chi connectivity index (χ1v) is 7.68. The minimum absolute atomic E-state index is 0.516. The zero-order valence-corrected chi connectivity index (χ0v) is 13.4. The number of imidazole rings is 1. The molecular weight excluding hydrogens is 305 g/mol. The lowest BCUT2D eigenvalue weighted by Gasteiger charge is -2.12. The number of hydrogen-bond acceptors (Lipinski definition) is 2. The van der Waals surface area contributed by atoms with Gasteiger partial charge in [-0.3, -0.25) is 4.57 Å². The Morgan fingerprint density at radius 3 is 2.76 bits per heavy atom. The quantitative estimate of drug-likeness (QED) is 0.667. The van der Waals surface area contributed by atoms with Crippen molar-refractivity contribution in [2.24, 2.45) is 0 Å². The van der Waals surface area contributed by atoms with Crippen molar-refractivity contribution in [3.05, 3.63) is 52.4 Å². The molecule has 0 aliphatic carbocycles. The average Bonchev–Trinajstić information content (AvgIpc) is 2.79. The van der Waals surface area contributed by atoms with Crippen LogP contribution in [-0.4, -0.2) is 20.4 Å². The number of hydrogen-bond donors (Lipinski definition) is 0. The van der Waals surface area contributed by atoms with E-state index < -0.39 is 0 Å². The topological polar surface area (TPSA) is 30.7 Å². The van der Waals surface area contributed by atoms with E-state index in [1.54, 1.807) is 6.20 Å². The molecule has 0 aliphatic rings. The summed E-state index contributed by atoms with van der Waals surface area (Å²) in [5.41, 5.74) is 5.07. The van der Waals surface area contributed by atoms with Crippen LogP contribution in [0, 0.1) is 13.8 Å². The standard InChI is InChI=1S/C16H15Cl2N3/c1-10-3-4-11(2)14(7-10)21-15(5-6-17)20-13-8-12(18)9-19-16(13)21/h3-4,7-9H,5-6H2,1-2H3. The van der Waals surface area contributed by atoms with Gasteiger partial charge in [0.1, 0.15) is 11.3 Å². The fraction of sp³-hybridized carbons (Fsp3) is 0.250. The summed E-state index contributed by atoms with van der Waals surface area (Å²) in [6, 6.07) is 8.19. The summed E-state index contributed by atoms with van der Waals surface area (Å²) in [7, 11) is 0. The van der Waals surface area contributed by atoms with Gasteiger partial charge in [0.15, 0.2) is 5.65 Å². The number of aromatic nitrogens is 3. The van der Waals surface area contributed by atoms with E-state index in [0.29, 0.717) is 17.3 Å². The largest absolute Gasteiger partial charge is 0.280 e. The van der Waals surface area contributed by atoms with Gasteiger partial charge in [-0.1, -0.05) is 23.7 Å². The van der Waals surface area contributed by atoms with Gasteiger partial charge in [0.25, 0.3) is 0 Å². The second kappa shape index (κ2) is 5.66. The van der Waals surface area contributed by atoms with Gasteiger partial charge in [0.2, 0.25) is 0 Å². The van der Waals surface area contributed by atoms with Crippen molar-refractivity contribution in [2.45, 2.75) is 20.3 Å². The smallest absolute Gasteiger partial charge is 0.164 e. The number of fused-ring (bicyclic) bond motifs is 1. The third-order valence-corrected chi connectivity index (χ3v) is 3.85. The highest BCUT2D eigenvalue weighted by Gasteiger charge is 2.15. The zero-order chi connectivity index (χ0) is 15.0. The molecule has 0 fully saturated rings. The van der Waals surface area contributed by atoms with E-state index in [1.807, 2.05) is 6.07 Å². The Kier molecular flexibility index (Phi) is 3.87. The average molecular weight is 320 g/mol. The molecular formula is C16H15Cl2N3. The van der Waals surface area contributed by atoms with Crippen molar-refractivity contribution in [2.75, 3.05) is 5.88 Å². The maximum absolute atomic E-state index is 6.02. The first-order valence-electron chi connectivity index (χ1n) is 6.76. The molecule has 0 atom stereocenters. The molecule has 0 amide bonds. The fourth-order valence-electron chi connectivity index (χ4n) is 2.45. The molecule has 0 spiro atoms. The van der Waals surface area contributed by atoms with Crippen LogP contribution in [0.1, 0.15) is 17.0 Å². The molecule has 2 aromatic heterocycles. The molecule has 3 nitrogen and oxygen atoms in total. The van der Waals surface area contributed by atoms with Gasteiger partial charge in [-0.05, 0) is 37.1 Å². The van der Waals surface area contributed by atoms with E-state index in [0.717, 1.165) is 22.7 Å². The Morgan fingerprint density at radius 1 is 1.19 bits per heavy atom. The molecule has 3 rings (SSSR count). The highest BCUT2D eigenvalue weighted by Crippen LogP contribution is 2.25. The second-order valence-corrected chi connectivity index (χ2v) is 5.90. The number of nitrogens with zero attached hydrogens (tertiary/aromatic N) is 3. The minimum atomic E-state index is 0.516. The van der Waals surface area contributed by atoms with Crippen LogP contribution in [0.2, 0.25) is 5.02 Å². The minimum Gasteiger partial charge on any atom is -0.280 e. The summed E-state index contributed by atoms with van der Waals surface area (Å²) in [5, 5.41) is 0.588. The van der Waals surface area contributed by atoms with Gasteiger partial charge < -0.3 is 0 Å². The lowest BCUT2D eigenvalue weighted by atomic mass is 10.1. The molecule has 2 heterocycles. The number of aryl methyl sites for hydroxylation is 3. The normalized spacial score (nSPS) is 11.2. The van der Waals surface area contributed by atoms with Gasteiger partial charge in [0.05, 0.1) is 10.7 Å². The SMILES string of the molecule is Cc1ccc(C)c(-n2c(CCCl)nc3cc(Cl)cnc32)c1. The van der Waals surface area contributed by atoms with Crippen molar-refractivity contribution in [1.29, 1.82) is 0 Å². The second-order valence-electron chi connectivity index (χ2n) is 5.09. The lowest BCUT2D eigenvalue weighted by Crippen LogP contribution is -2.05. The van der Waals surface area contributed by atoms with E-state index in [2.05, 4.69) is 46.6 Å². The van der Waals surface area contributed by atoms with E-state index in [9.17, 15) is 0 Å². The summed E-state index contributed by atoms with van der Waals surface area (Å²) in [6.45, 7) is 4.16. The van der Waals surface area contributed by atoms with E-state index in [-0.39, 0.29) is 0 Å². The zero-order valence-electron chi connectivity index (χ0n) is 11.9. The first kappa shape index (κ1) is 14.4. The Hall–Kier alpha value is -1.58. The van der Waals surface area contributed by atoms with Crippen LogP contribution >= 0.6 is 23.2 Å². The van der Waals surface area contributed by atoms with Crippen LogP contribution in [0.3, 0.4) is 0 Å².